The van der Waals surface area contributed by atoms with Crippen LogP contribution in [-0.2, 0) is 17.8 Å². The van der Waals surface area contributed by atoms with Crippen molar-refractivity contribution in [2.75, 3.05) is 0 Å². The summed E-state index contributed by atoms with van der Waals surface area (Å²) in [6, 6.07) is 11.7. The predicted octanol–water partition coefficient (Wildman–Crippen LogP) is 3.59. The van der Waals surface area contributed by atoms with Gasteiger partial charge in [0.15, 0.2) is 5.82 Å². The zero-order valence-electron chi connectivity index (χ0n) is 15.8. The number of carbonyl (C=O) groups excluding carboxylic acids is 1. The third kappa shape index (κ3) is 3.88. The van der Waals surface area contributed by atoms with Gasteiger partial charge in [-0.15, -0.1) is 0 Å². The minimum atomic E-state index is -0.581. The van der Waals surface area contributed by atoms with Gasteiger partial charge in [0, 0.05) is 18.5 Å². The average molecular weight is 415 g/mol. The molecule has 8 heteroatoms. The van der Waals surface area contributed by atoms with Crippen molar-refractivity contribution in [3.63, 3.8) is 0 Å². The molecule has 2 N–H and O–H groups in total. The van der Waals surface area contributed by atoms with Crippen LogP contribution in [0.4, 0.5) is 4.39 Å². The van der Waals surface area contributed by atoms with Crippen LogP contribution in [0.3, 0.4) is 0 Å². The van der Waals surface area contributed by atoms with Crippen LogP contribution >= 0.6 is 11.6 Å². The number of nitrogens with one attached hydrogen (secondary N) is 1. The molecule has 1 aromatic heterocycles. The van der Waals surface area contributed by atoms with E-state index in [9.17, 15) is 14.3 Å². The summed E-state index contributed by atoms with van der Waals surface area (Å²) in [6.07, 6.45) is -0.103. The number of aromatic nitrogens is 3. The molecule has 0 spiro atoms. The fraction of sp³-hybridized carbons (Fsp3) is 0.286. The third-order valence-corrected chi connectivity index (χ3v) is 5.38. The number of amides is 1. The molecular weight excluding hydrogens is 395 g/mol. The molecule has 29 heavy (non-hydrogen) atoms. The van der Waals surface area contributed by atoms with Gasteiger partial charge in [-0.2, -0.15) is 5.10 Å². The third-order valence-electron chi connectivity index (χ3n) is 5.07. The highest BCUT2D eigenvalue weighted by molar-refractivity contribution is 6.30. The first-order chi connectivity index (χ1) is 14.0. The largest absolute Gasteiger partial charge is 0.388 e. The minimum Gasteiger partial charge on any atom is -0.388 e. The van der Waals surface area contributed by atoms with Crippen molar-refractivity contribution in [3.05, 3.63) is 70.3 Å². The van der Waals surface area contributed by atoms with Crippen molar-refractivity contribution < 1.29 is 14.3 Å². The SMILES string of the molecule is CCn1nc(-c2ccc(Cl)c(F)c2)nc1CC(=O)NC1C[C@@H](O)c2ccccc21. The van der Waals surface area contributed by atoms with Crippen LogP contribution in [0, 0.1) is 5.82 Å². The highest BCUT2D eigenvalue weighted by Crippen LogP contribution is 2.38. The highest BCUT2D eigenvalue weighted by Gasteiger charge is 2.30. The molecule has 1 heterocycles. The van der Waals surface area contributed by atoms with E-state index >= 15 is 0 Å². The molecule has 150 valence electrons. The molecule has 4 rings (SSSR count). The van der Waals surface area contributed by atoms with Gasteiger partial charge in [0.2, 0.25) is 5.91 Å². The van der Waals surface area contributed by atoms with Gasteiger partial charge in [-0.05, 0) is 36.2 Å². The van der Waals surface area contributed by atoms with Crippen LogP contribution in [0.15, 0.2) is 42.5 Å². The molecule has 0 fully saturated rings. The molecule has 2 aromatic carbocycles. The fourth-order valence-corrected chi connectivity index (χ4v) is 3.77. The van der Waals surface area contributed by atoms with Gasteiger partial charge in [0.05, 0.1) is 23.6 Å². The molecule has 1 amide bonds. The number of aryl methyl sites for hydroxylation is 1. The van der Waals surface area contributed by atoms with E-state index in [1.165, 1.54) is 12.1 Å². The van der Waals surface area contributed by atoms with Gasteiger partial charge in [-0.1, -0.05) is 35.9 Å². The van der Waals surface area contributed by atoms with Crippen molar-refractivity contribution in [1.82, 2.24) is 20.1 Å². The molecule has 1 aliphatic carbocycles. The summed E-state index contributed by atoms with van der Waals surface area (Å²) in [7, 11) is 0. The Morgan fingerprint density at radius 3 is 2.79 bits per heavy atom. The number of aliphatic hydroxyl groups excluding tert-OH is 1. The van der Waals surface area contributed by atoms with Gasteiger partial charge >= 0.3 is 0 Å². The molecule has 2 atom stereocenters. The molecule has 1 unspecified atom stereocenters. The standard InChI is InChI=1S/C21H20ClFN4O2/c1-2-27-19(25-21(26-27)12-7-8-15(22)16(23)9-12)11-20(29)24-17-10-18(28)14-6-4-3-5-13(14)17/h3-9,17-18,28H,2,10-11H2,1H3,(H,24,29)/t17?,18-/m1/s1. The lowest BCUT2D eigenvalue weighted by atomic mass is 10.1. The highest BCUT2D eigenvalue weighted by atomic mass is 35.5. The Labute approximate surface area is 172 Å². The first kappa shape index (κ1) is 19.5. The molecule has 6 nitrogen and oxygen atoms in total. The van der Waals surface area contributed by atoms with E-state index in [4.69, 9.17) is 11.6 Å². The number of carbonyl (C=O) groups is 1. The van der Waals surface area contributed by atoms with E-state index in [0.717, 1.165) is 11.1 Å². The van der Waals surface area contributed by atoms with E-state index in [1.54, 1.807) is 10.7 Å². The molecule has 0 bridgehead atoms. The van der Waals surface area contributed by atoms with E-state index in [0.29, 0.717) is 30.2 Å². The smallest absolute Gasteiger partial charge is 0.228 e. The fourth-order valence-electron chi connectivity index (χ4n) is 3.65. The topological polar surface area (TPSA) is 80.0 Å². The molecule has 0 saturated carbocycles. The molecule has 1 aliphatic rings. The van der Waals surface area contributed by atoms with Crippen molar-refractivity contribution >= 4 is 17.5 Å². The molecular formula is C21H20ClFN4O2. The Balaban J connectivity index is 1.51. The lowest BCUT2D eigenvalue weighted by molar-refractivity contribution is -0.121. The summed E-state index contributed by atoms with van der Waals surface area (Å²) in [5.41, 5.74) is 2.28. The Bertz CT molecular complexity index is 1070. The quantitative estimate of drug-likeness (QED) is 0.668. The number of hydrogen-bond acceptors (Lipinski definition) is 4. The average Bonchev–Trinajstić information content (AvgIpc) is 3.25. The van der Waals surface area contributed by atoms with Crippen molar-refractivity contribution in [2.45, 2.75) is 38.5 Å². The number of rotatable bonds is 5. The summed E-state index contributed by atoms with van der Waals surface area (Å²) >= 11 is 5.74. The van der Waals surface area contributed by atoms with Crippen molar-refractivity contribution in [1.29, 1.82) is 0 Å². The lowest BCUT2D eigenvalue weighted by Crippen LogP contribution is -2.29. The summed E-state index contributed by atoms with van der Waals surface area (Å²) in [6.45, 7) is 2.42. The Morgan fingerprint density at radius 2 is 2.07 bits per heavy atom. The van der Waals surface area contributed by atoms with Crippen molar-refractivity contribution in [3.8, 4) is 11.4 Å². The Kier molecular flexibility index (Phi) is 5.34. The van der Waals surface area contributed by atoms with E-state index < -0.39 is 11.9 Å². The van der Waals surface area contributed by atoms with Crippen LogP contribution in [0.25, 0.3) is 11.4 Å². The van der Waals surface area contributed by atoms with Crippen LogP contribution in [0.2, 0.25) is 5.02 Å². The van der Waals surface area contributed by atoms with Gasteiger partial charge in [0.1, 0.15) is 11.6 Å². The summed E-state index contributed by atoms with van der Waals surface area (Å²) in [4.78, 5) is 17.1. The first-order valence-corrected chi connectivity index (χ1v) is 9.79. The second kappa shape index (κ2) is 7.93. The van der Waals surface area contributed by atoms with Crippen LogP contribution in [0.1, 0.15) is 42.4 Å². The molecule has 0 radical (unpaired) electrons. The number of halogens is 2. The number of fused-ring (bicyclic) bond motifs is 1. The number of hydrogen-bond donors (Lipinski definition) is 2. The van der Waals surface area contributed by atoms with Crippen LogP contribution in [0.5, 0.6) is 0 Å². The lowest BCUT2D eigenvalue weighted by Gasteiger charge is -2.13. The van der Waals surface area contributed by atoms with Crippen LogP contribution < -0.4 is 5.32 Å². The van der Waals surface area contributed by atoms with Crippen LogP contribution in [-0.4, -0.2) is 25.8 Å². The zero-order valence-corrected chi connectivity index (χ0v) is 16.5. The van der Waals surface area contributed by atoms with Crippen molar-refractivity contribution in [2.24, 2.45) is 0 Å². The number of benzene rings is 2. The second-order valence-electron chi connectivity index (χ2n) is 6.97. The molecule has 0 saturated heterocycles. The van der Waals surface area contributed by atoms with Gasteiger partial charge in [0.25, 0.3) is 0 Å². The number of aliphatic hydroxyl groups is 1. The first-order valence-electron chi connectivity index (χ1n) is 9.41. The van der Waals surface area contributed by atoms with Gasteiger partial charge in [-0.3, -0.25) is 4.79 Å². The van der Waals surface area contributed by atoms with E-state index in [-0.39, 0.29) is 23.4 Å². The summed E-state index contributed by atoms with van der Waals surface area (Å²) < 4.78 is 15.4. The monoisotopic (exact) mass is 414 g/mol. The maximum Gasteiger partial charge on any atom is 0.228 e. The van der Waals surface area contributed by atoms with E-state index in [1.807, 2.05) is 31.2 Å². The predicted molar refractivity (Wildman–Crippen MR) is 107 cm³/mol. The molecule has 3 aromatic rings. The number of nitrogens with zero attached hydrogens (tertiary/aromatic N) is 3. The normalized spacial score (nSPS) is 17.9. The van der Waals surface area contributed by atoms with Gasteiger partial charge < -0.3 is 10.4 Å². The maximum absolute atomic E-state index is 13.8. The Morgan fingerprint density at radius 1 is 1.31 bits per heavy atom. The zero-order chi connectivity index (χ0) is 20.5. The Hall–Kier alpha value is -2.77. The second-order valence-corrected chi connectivity index (χ2v) is 7.38. The minimum absolute atomic E-state index is 0.0299. The van der Waals surface area contributed by atoms with E-state index in [2.05, 4.69) is 15.4 Å². The summed E-state index contributed by atoms with van der Waals surface area (Å²) in [5, 5.41) is 17.6. The summed E-state index contributed by atoms with van der Waals surface area (Å²) in [5.74, 6) is 0.0682. The maximum atomic E-state index is 13.8. The molecule has 0 aliphatic heterocycles. The van der Waals surface area contributed by atoms with Gasteiger partial charge in [-0.25, -0.2) is 14.1 Å².